The van der Waals surface area contributed by atoms with Gasteiger partial charge in [0.25, 0.3) is 0 Å². The van der Waals surface area contributed by atoms with Gasteiger partial charge in [0.2, 0.25) is 0 Å². The summed E-state index contributed by atoms with van der Waals surface area (Å²) in [7, 11) is 0. The van der Waals surface area contributed by atoms with E-state index in [1.54, 1.807) is 6.26 Å². The number of aromatic nitrogens is 1. The first-order valence-electron chi connectivity index (χ1n) is 8.88. The molecule has 1 atom stereocenters. The highest BCUT2D eigenvalue weighted by Crippen LogP contribution is 2.24. The van der Waals surface area contributed by atoms with E-state index in [1.165, 1.54) is 11.1 Å². The summed E-state index contributed by atoms with van der Waals surface area (Å²) in [4.78, 5) is 8.98. The number of nitrogens with zero attached hydrogens (tertiary/aromatic N) is 3. The van der Waals surface area contributed by atoms with Crippen LogP contribution in [0.4, 0.5) is 0 Å². The molecule has 2 aromatic heterocycles. The normalized spacial score (nSPS) is 25.9. The minimum absolute atomic E-state index is 0.258. The Morgan fingerprint density at radius 3 is 2.48 bits per heavy atom. The second kappa shape index (κ2) is 7.66. The van der Waals surface area contributed by atoms with Crippen molar-refractivity contribution in [2.75, 3.05) is 46.0 Å². The quantitative estimate of drug-likeness (QED) is 0.843. The van der Waals surface area contributed by atoms with Crippen molar-refractivity contribution >= 4 is 0 Å². The van der Waals surface area contributed by atoms with Gasteiger partial charge in [0, 0.05) is 57.2 Å². The number of pyridine rings is 1. The van der Waals surface area contributed by atoms with Gasteiger partial charge >= 0.3 is 0 Å². The minimum atomic E-state index is -0.258. The molecule has 0 N–H and O–H groups in total. The van der Waals surface area contributed by atoms with E-state index in [0.29, 0.717) is 6.61 Å². The third kappa shape index (κ3) is 4.27. The number of furan rings is 1. The van der Waals surface area contributed by atoms with Crippen LogP contribution < -0.4 is 0 Å². The summed E-state index contributed by atoms with van der Waals surface area (Å²) in [5.74, 6) is 0. The summed E-state index contributed by atoms with van der Waals surface area (Å²) < 4.78 is 17.4. The van der Waals surface area contributed by atoms with Crippen LogP contribution in [0, 0.1) is 0 Å². The largest absolute Gasteiger partial charge is 0.472 e. The molecular formula is C19H25N3O3. The average molecular weight is 343 g/mol. The number of hydrogen-bond acceptors (Lipinski definition) is 6. The Morgan fingerprint density at radius 1 is 0.960 bits per heavy atom. The maximum Gasteiger partial charge on any atom is 0.117 e. The van der Waals surface area contributed by atoms with E-state index in [9.17, 15) is 0 Å². The lowest BCUT2D eigenvalue weighted by Crippen LogP contribution is -2.58. The van der Waals surface area contributed by atoms with Crippen molar-refractivity contribution in [1.82, 2.24) is 14.8 Å². The molecule has 6 nitrogen and oxygen atoms in total. The van der Waals surface area contributed by atoms with Crippen molar-refractivity contribution in [3.05, 3.63) is 54.2 Å². The Morgan fingerprint density at radius 2 is 1.72 bits per heavy atom. The molecule has 4 rings (SSSR count). The van der Waals surface area contributed by atoms with Crippen LogP contribution in [0.15, 0.2) is 47.5 Å². The van der Waals surface area contributed by atoms with Crippen LogP contribution in [-0.2, 0) is 22.6 Å². The van der Waals surface area contributed by atoms with Gasteiger partial charge in [0.1, 0.15) is 5.60 Å². The van der Waals surface area contributed by atoms with Crippen molar-refractivity contribution in [3.63, 3.8) is 0 Å². The van der Waals surface area contributed by atoms with Crippen molar-refractivity contribution in [2.45, 2.75) is 18.7 Å². The van der Waals surface area contributed by atoms with E-state index < -0.39 is 0 Å². The van der Waals surface area contributed by atoms with Crippen molar-refractivity contribution in [3.8, 4) is 0 Å². The van der Waals surface area contributed by atoms with E-state index in [0.717, 1.165) is 52.5 Å². The molecule has 2 aromatic rings. The molecule has 2 saturated heterocycles. The molecular weight excluding hydrogens is 318 g/mol. The Kier molecular flexibility index (Phi) is 5.12. The molecule has 0 bridgehead atoms. The minimum Gasteiger partial charge on any atom is -0.472 e. The lowest BCUT2D eigenvalue weighted by atomic mass is 10.0. The molecule has 134 valence electrons. The van der Waals surface area contributed by atoms with Crippen molar-refractivity contribution in [1.29, 1.82) is 0 Å². The van der Waals surface area contributed by atoms with Gasteiger partial charge in [-0.05, 0) is 23.8 Å². The first kappa shape index (κ1) is 16.7. The lowest BCUT2D eigenvalue weighted by molar-refractivity contribution is -0.143. The third-order valence-corrected chi connectivity index (χ3v) is 4.90. The number of ether oxygens (including phenoxy) is 2. The van der Waals surface area contributed by atoms with Crippen LogP contribution in [-0.4, -0.2) is 66.4 Å². The molecule has 0 aliphatic carbocycles. The molecule has 1 spiro atoms. The van der Waals surface area contributed by atoms with Gasteiger partial charge in [0.15, 0.2) is 0 Å². The maximum absolute atomic E-state index is 6.26. The van der Waals surface area contributed by atoms with Crippen LogP contribution in [0.1, 0.15) is 11.1 Å². The van der Waals surface area contributed by atoms with Crippen LogP contribution in [0.3, 0.4) is 0 Å². The second-order valence-corrected chi connectivity index (χ2v) is 6.99. The molecule has 0 unspecified atom stereocenters. The fourth-order valence-corrected chi connectivity index (χ4v) is 3.75. The Labute approximate surface area is 148 Å². The van der Waals surface area contributed by atoms with Crippen LogP contribution in [0.5, 0.6) is 0 Å². The Bertz CT molecular complexity index is 649. The van der Waals surface area contributed by atoms with Gasteiger partial charge in [-0.3, -0.25) is 14.8 Å². The van der Waals surface area contributed by atoms with Gasteiger partial charge in [-0.15, -0.1) is 0 Å². The summed E-state index contributed by atoms with van der Waals surface area (Å²) in [6.07, 6.45) is 7.25. The van der Waals surface area contributed by atoms with E-state index in [-0.39, 0.29) is 5.60 Å². The zero-order chi connectivity index (χ0) is 17.0. The van der Waals surface area contributed by atoms with E-state index in [2.05, 4.69) is 26.9 Å². The van der Waals surface area contributed by atoms with E-state index >= 15 is 0 Å². The third-order valence-electron chi connectivity index (χ3n) is 4.90. The zero-order valence-electron chi connectivity index (χ0n) is 14.5. The summed E-state index contributed by atoms with van der Waals surface area (Å²) in [5, 5.41) is 0. The van der Waals surface area contributed by atoms with Crippen LogP contribution >= 0.6 is 0 Å². The van der Waals surface area contributed by atoms with Crippen molar-refractivity contribution < 1.29 is 13.9 Å². The smallest absolute Gasteiger partial charge is 0.117 e. The van der Waals surface area contributed by atoms with Crippen molar-refractivity contribution in [2.24, 2.45) is 0 Å². The summed E-state index contributed by atoms with van der Waals surface area (Å²) in [6.45, 7) is 7.57. The molecule has 0 amide bonds. The summed E-state index contributed by atoms with van der Waals surface area (Å²) in [6, 6.07) is 6.18. The first-order valence-corrected chi connectivity index (χ1v) is 8.88. The van der Waals surface area contributed by atoms with Gasteiger partial charge < -0.3 is 13.9 Å². The van der Waals surface area contributed by atoms with Gasteiger partial charge in [0.05, 0.1) is 32.3 Å². The highest BCUT2D eigenvalue weighted by Gasteiger charge is 2.40. The second-order valence-electron chi connectivity index (χ2n) is 6.99. The first-order chi connectivity index (χ1) is 12.3. The van der Waals surface area contributed by atoms with E-state index in [1.807, 2.05) is 24.7 Å². The summed E-state index contributed by atoms with van der Waals surface area (Å²) >= 11 is 0. The lowest BCUT2D eigenvalue weighted by Gasteiger charge is -2.43. The highest BCUT2D eigenvalue weighted by atomic mass is 16.5. The van der Waals surface area contributed by atoms with Crippen LogP contribution in [0.25, 0.3) is 0 Å². The van der Waals surface area contributed by atoms with Gasteiger partial charge in [-0.2, -0.15) is 0 Å². The van der Waals surface area contributed by atoms with E-state index in [4.69, 9.17) is 13.9 Å². The Hall–Kier alpha value is -1.73. The molecule has 4 heterocycles. The molecule has 2 fully saturated rings. The number of hydrogen-bond donors (Lipinski definition) is 0. The monoisotopic (exact) mass is 343 g/mol. The Balaban J connectivity index is 1.43. The fourth-order valence-electron chi connectivity index (χ4n) is 3.75. The standard InChI is InChI=1S/C19H25N3O3/c1-4-20-5-2-17(1)11-21-6-9-24-16-19(14-21)15-22(7-10-25-19)12-18-3-8-23-13-18/h1-5,8,13H,6-7,9-12,14-16H2/t19-/m1/s1. The molecule has 6 heteroatoms. The molecule has 2 aliphatic rings. The summed E-state index contributed by atoms with van der Waals surface area (Å²) in [5.41, 5.74) is 2.23. The molecule has 25 heavy (non-hydrogen) atoms. The average Bonchev–Trinajstić information content (AvgIpc) is 3.05. The highest BCUT2D eigenvalue weighted by molar-refractivity contribution is 5.10. The van der Waals surface area contributed by atoms with Crippen LogP contribution in [0.2, 0.25) is 0 Å². The molecule has 0 radical (unpaired) electrons. The predicted molar refractivity (Wildman–Crippen MR) is 93.0 cm³/mol. The van der Waals surface area contributed by atoms with Gasteiger partial charge in [-0.1, -0.05) is 0 Å². The topological polar surface area (TPSA) is 51.0 Å². The molecule has 0 saturated carbocycles. The predicted octanol–water partition coefficient (Wildman–Crippen LogP) is 1.78. The SMILES string of the molecule is c1cc(CN2CCOC[C@@]3(C2)CN(Cc2ccoc2)CCO3)ccn1. The van der Waals surface area contributed by atoms with Gasteiger partial charge in [-0.25, -0.2) is 0 Å². The number of morpholine rings is 1. The fraction of sp³-hybridized carbons (Fsp3) is 0.526. The number of rotatable bonds is 4. The molecule has 2 aliphatic heterocycles. The molecule has 0 aromatic carbocycles. The maximum atomic E-state index is 6.26. The zero-order valence-corrected chi connectivity index (χ0v) is 14.5.